The topological polar surface area (TPSA) is 38.7 Å². The Morgan fingerprint density at radius 2 is 2.33 bits per heavy atom. The Bertz CT molecular complexity index is 429. The third-order valence-corrected chi connectivity index (χ3v) is 4.99. The molecule has 3 rings (SSSR count). The highest BCUT2D eigenvalue weighted by molar-refractivity contribution is 7.99. The molecule has 18 heavy (non-hydrogen) atoms. The zero-order valence-corrected chi connectivity index (χ0v) is 11.3. The number of rotatable bonds is 2. The number of hydrogen-bond acceptors (Lipinski definition) is 4. The van der Waals surface area contributed by atoms with Crippen molar-refractivity contribution in [1.29, 1.82) is 0 Å². The molecule has 1 aromatic rings. The molecule has 2 aliphatic heterocycles. The predicted octanol–water partition coefficient (Wildman–Crippen LogP) is 2.63. The summed E-state index contributed by atoms with van der Waals surface area (Å²) >= 11 is 1.98. The lowest BCUT2D eigenvalue weighted by Crippen LogP contribution is -2.32. The monoisotopic (exact) mass is 266 g/mol. The van der Waals surface area contributed by atoms with E-state index in [9.17, 15) is 5.11 Å². The highest BCUT2D eigenvalue weighted by Crippen LogP contribution is 2.41. The summed E-state index contributed by atoms with van der Waals surface area (Å²) in [5, 5.41) is 10.2. The van der Waals surface area contributed by atoms with E-state index in [4.69, 9.17) is 9.47 Å². The van der Waals surface area contributed by atoms with Gasteiger partial charge in [-0.15, -0.1) is 0 Å². The SMILES string of the molecule is COc1ccc2c(c1)OC(C1CCSC1)C[C@H]2O. The van der Waals surface area contributed by atoms with Crippen LogP contribution in [0.1, 0.15) is 24.5 Å². The van der Waals surface area contributed by atoms with Gasteiger partial charge < -0.3 is 14.6 Å². The normalized spacial score (nSPS) is 30.7. The molecular formula is C14H18O3S. The number of methoxy groups -OCH3 is 1. The van der Waals surface area contributed by atoms with Crippen molar-refractivity contribution in [3.8, 4) is 11.5 Å². The van der Waals surface area contributed by atoms with Crippen LogP contribution in [-0.2, 0) is 0 Å². The average molecular weight is 266 g/mol. The molecule has 98 valence electrons. The minimum Gasteiger partial charge on any atom is -0.497 e. The average Bonchev–Trinajstić information content (AvgIpc) is 2.91. The fourth-order valence-electron chi connectivity index (χ4n) is 2.71. The van der Waals surface area contributed by atoms with Crippen LogP contribution < -0.4 is 9.47 Å². The molecule has 1 N–H and O–H groups in total. The van der Waals surface area contributed by atoms with Gasteiger partial charge in [-0.25, -0.2) is 0 Å². The van der Waals surface area contributed by atoms with Gasteiger partial charge in [-0.3, -0.25) is 0 Å². The number of benzene rings is 1. The van der Waals surface area contributed by atoms with Crippen molar-refractivity contribution in [2.45, 2.75) is 25.0 Å². The quantitative estimate of drug-likeness (QED) is 0.893. The van der Waals surface area contributed by atoms with Crippen LogP contribution in [0, 0.1) is 5.92 Å². The summed E-state index contributed by atoms with van der Waals surface area (Å²) in [7, 11) is 1.64. The van der Waals surface area contributed by atoms with Gasteiger partial charge in [-0.2, -0.15) is 11.8 Å². The van der Waals surface area contributed by atoms with Gasteiger partial charge in [0.25, 0.3) is 0 Å². The van der Waals surface area contributed by atoms with E-state index in [1.807, 2.05) is 30.0 Å². The van der Waals surface area contributed by atoms with Gasteiger partial charge in [0.15, 0.2) is 0 Å². The molecule has 0 saturated carbocycles. The maximum atomic E-state index is 10.2. The Labute approximate surface area is 111 Å². The van der Waals surface area contributed by atoms with Crippen molar-refractivity contribution in [2.24, 2.45) is 5.92 Å². The number of fused-ring (bicyclic) bond motifs is 1. The highest BCUT2D eigenvalue weighted by atomic mass is 32.2. The lowest BCUT2D eigenvalue weighted by molar-refractivity contribution is 0.0400. The van der Waals surface area contributed by atoms with Crippen molar-refractivity contribution >= 4 is 11.8 Å². The van der Waals surface area contributed by atoms with E-state index in [1.165, 1.54) is 12.2 Å². The first-order valence-corrected chi connectivity index (χ1v) is 7.54. The van der Waals surface area contributed by atoms with Gasteiger partial charge in [-0.1, -0.05) is 0 Å². The minimum absolute atomic E-state index is 0.148. The Balaban J connectivity index is 1.85. The number of aliphatic hydroxyl groups excluding tert-OH is 1. The summed E-state index contributed by atoms with van der Waals surface area (Å²) in [6.45, 7) is 0. The van der Waals surface area contributed by atoms with E-state index in [2.05, 4.69) is 0 Å². The Kier molecular flexibility index (Phi) is 3.39. The third-order valence-electron chi connectivity index (χ3n) is 3.80. The molecule has 0 bridgehead atoms. The summed E-state index contributed by atoms with van der Waals surface area (Å²) in [6, 6.07) is 5.66. The number of aliphatic hydroxyl groups is 1. The predicted molar refractivity (Wildman–Crippen MR) is 72.4 cm³/mol. The van der Waals surface area contributed by atoms with Crippen LogP contribution in [-0.4, -0.2) is 29.8 Å². The lowest BCUT2D eigenvalue weighted by Gasteiger charge is -2.33. The fourth-order valence-corrected chi connectivity index (χ4v) is 4.03. The largest absolute Gasteiger partial charge is 0.497 e. The van der Waals surface area contributed by atoms with E-state index in [0.29, 0.717) is 12.3 Å². The summed E-state index contributed by atoms with van der Waals surface area (Å²) in [4.78, 5) is 0. The second-order valence-corrected chi connectivity index (χ2v) is 6.09. The molecular weight excluding hydrogens is 248 g/mol. The van der Waals surface area contributed by atoms with Gasteiger partial charge >= 0.3 is 0 Å². The fraction of sp³-hybridized carbons (Fsp3) is 0.571. The lowest BCUT2D eigenvalue weighted by atomic mass is 9.91. The van der Waals surface area contributed by atoms with Crippen LogP contribution >= 0.6 is 11.8 Å². The molecule has 3 nitrogen and oxygen atoms in total. The Morgan fingerprint density at radius 3 is 3.06 bits per heavy atom. The van der Waals surface area contributed by atoms with Gasteiger partial charge in [0.05, 0.1) is 13.2 Å². The molecule has 1 saturated heterocycles. The van der Waals surface area contributed by atoms with Gasteiger partial charge in [0, 0.05) is 24.0 Å². The Hall–Kier alpha value is -0.870. The second kappa shape index (κ2) is 5.02. The molecule has 2 aliphatic rings. The zero-order valence-electron chi connectivity index (χ0n) is 10.5. The minimum atomic E-state index is -0.407. The second-order valence-electron chi connectivity index (χ2n) is 4.94. The number of hydrogen-bond donors (Lipinski definition) is 1. The van der Waals surface area contributed by atoms with Crippen LogP contribution in [0.2, 0.25) is 0 Å². The molecule has 1 aromatic carbocycles. The zero-order chi connectivity index (χ0) is 12.5. The first kappa shape index (κ1) is 12.2. The van der Waals surface area contributed by atoms with Crippen LogP contribution in [0.4, 0.5) is 0 Å². The smallest absolute Gasteiger partial charge is 0.129 e. The van der Waals surface area contributed by atoms with E-state index in [-0.39, 0.29) is 6.10 Å². The molecule has 0 amide bonds. The highest BCUT2D eigenvalue weighted by Gasteiger charge is 2.34. The van der Waals surface area contributed by atoms with Crippen LogP contribution in [0.5, 0.6) is 11.5 Å². The van der Waals surface area contributed by atoms with Crippen molar-refractivity contribution in [2.75, 3.05) is 18.6 Å². The van der Waals surface area contributed by atoms with Crippen molar-refractivity contribution < 1.29 is 14.6 Å². The number of thioether (sulfide) groups is 1. The van der Waals surface area contributed by atoms with Crippen LogP contribution in [0.25, 0.3) is 0 Å². The van der Waals surface area contributed by atoms with Gasteiger partial charge in [0.2, 0.25) is 0 Å². The van der Waals surface area contributed by atoms with E-state index >= 15 is 0 Å². The van der Waals surface area contributed by atoms with E-state index in [1.54, 1.807) is 7.11 Å². The van der Waals surface area contributed by atoms with Crippen LogP contribution in [0.3, 0.4) is 0 Å². The molecule has 3 atom stereocenters. The van der Waals surface area contributed by atoms with Crippen molar-refractivity contribution in [3.05, 3.63) is 23.8 Å². The summed E-state index contributed by atoms with van der Waals surface area (Å²) in [5.74, 6) is 4.50. The standard InChI is InChI=1S/C14H18O3S/c1-16-10-2-3-11-12(15)7-13(17-14(11)6-10)9-4-5-18-8-9/h2-3,6,9,12-13,15H,4-5,7-8H2,1H3/t9?,12-,13?/m1/s1. The van der Waals surface area contributed by atoms with Crippen molar-refractivity contribution in [3.63, 3.8) is 0 Å². The molecule has 2 unspecified atom stereocenters. The first-order chi connectivity index (χ1) is 8.78. The van der Waals surface area contributed by atoms with Crippen LogP contribution in [0.15, 0.2) is 18.2 Å². The van der Waals surface area contributed by atoms with Gasteiger partial charge in [0.1, 0.15) is 17.6 Å². The summed E-state index contributed by atoms with van der Waals surface area (Å²) < 4.78 is 11.3. The molecule has 0 radical (unpaired) electrons. The summed E-state index contributed by atoms with van der Waals surface area (Å²) in [5.41, 5.74) is 0.887. The molecule has 2 heterocycles. The maximum Gasteiger partial charge on any atom is 0.129 e. The third kappa shape index (κ3) is 2.19. The van der Waals surface area contributed by atoms with E-state index < -0.39 is 6.10 Å². The summed E-state index contributed by atoms with van der Waals surface area (Å²) in [6.07, 6.45) is 1.65. The molecule has 0 aliphatic carbocycles. The molecule has 0 spiro atoms. The van der Waals surface area contributed by atoms with Gasteiger partial charge in [-0.05, 0) is 30.1 Å². The van der Waals surface area contributed by atoms with Crippen molar-refractivity contribution in [1.82, 2.24) is 0 Å². The number of ether oxygens (including phenoxy) is 2. The van der Waals surface area contributed by atoms with E-state index in [0.717, 1.165) is 22.8 Å². The molecule has 0 aromatic heterocycles. The first-order valence-electron chi connectivity index (χ1n) is 6.38. The molecule has 1 fully saturated rings. The Morgan fingerprint density at radius 1 is 1.44 bits per heavy atom. The molecule has 4 heteroatoms. The maximum absolute atomic E-state index is 10.2.